The van der Waals surface area contributed by atoms with E-state index in [-0.39, 0.29) is 23.3 Å². The predicted octanol–water partition coefficient (Wildman–Crippen LogP) is 4.77. The van der Waals surface area contributed by atoms with E-state index < -0.39 is 41.6 Å². The van der Waals surface area contributed by atoms with Crippen LogP contribution in [0.5, 0.6) is 0 Å². The lowest BCUT2D eigenvalue weighted by atomic mass is 9.86. The molecule has 0 saturated carbocycles. The third kappa shape index (κ3) is 3.61. The fraction of sp³-hybridized carbons (Fsp3) is 0.429. The standard InChI is InChI=1S/C21H17F6N5O/c22-14-7-10(1-5-13(14)21(25,26)27)19(33)31-11-2-4-12(16(31)6-3-11)17-8-15(18(23)24)30-20-28-9-29-32(17)20/h1,5,7-9,11-12,16,18H,2-4,6H2/t11-,12-,16-/m0/s1. The van der Waals surface area contributed by atoms with Crippen LogP contribution in [-0.4, -0.2) is 42.5 Å². The summed E-state index contributed by atoms with van der Waals surface area (Å²) >= 11 is 0. The zero-order chi connectivity index (χ0) is 23.5. The lowest BCUT2D eigenvalue weighted by Gasteiger charge is -2.40. The molecule has 0 aliphatic carbocycles. The molecule has 0 radical (unpaired) electrons. The Morgan fingerprint density at radius 1 is 1.09 bits per heavy atom. The fourth-order valence-corrected chi connectivity index (χ4v) is 5.07. The molecule has 2 aliphatic heterocycles. The first-order valence-corrected chi connectivity index (χ1v) is 10.3. The first kappa shape index (κ1) is 21.7. The minimum absolute atomic E-state index is 0.0191. The zero-order valence-corrected chi connectivity index (χ0v) is 16.9. The van der Waals surface area contributed by atoms with E-state index in [9.17, 15) is 31.1 Å². The Morgan fingerprint density at radius 3 is 2.55 bits per heavy atom. The van der Waals surface area contributed by atoms with E-state index in [2.05, 4.69) is 15.1 Å². The summed E-state index contributed by atoms with van der Waals surface area (Å²) in [4.78, 5) is 22.5. The van der Waals surface area contributed by atoms with Crippen molar-refractivity contribution in [1.29, 1.82) is 0 Å². The highest BCUT2D eigenvalue weighted by molar-refractivity contribution is 5.95. The van der Waals surface area contributed by atoms with Crippen LogP contribution in [0.2, 0.25) is 0 Å². The Morgan fingerprint density at radius 2 is 1.85 bits per heavy atom. The number of hydrogen-bond donors (Lipinski definition) is 0. The molecule has 2 fully saturated rings. The molecule has 33 heavy (non-hydrogen) atoms. The van der Waals surface area contributed by atoms with Crippen LogP contribution in [0, 0.1) is 5.82 Å². The summed E-state index contributed by atoms with van der Waals surface area (Å²) in [6.07, 6.45) is -4.09. The van der Waals surface area contributed by atoms with Crippen molar-refractivity contribution < 1.29 is 31.1 Å². The van der Waals surface area contributed by atoms with Gasteiger partial charge in [0.15, 0.2) is 0 Å². The zero-order valence-electron chi connectivity index (χ0n) is 16.9. The first-order valence-electron chi connectivity index (χ1n) is 10.3. The van der Waals surface area contributed by atoms with Crippen molar-refractivity contribution in [3.63, 3.8) is 0 Å². The maximum absolute atomic E-state index is 14.1. The number of carbonyl (C=O) groups is 1. The number of aromatic nitrogens is 4. The van der Waals surface area contributed by atoms with Crippen LogP contribution in [0.1, 0.15) is 65.3 Å². The topological polar surface area (TPSA) is 63.4 Å². The van der Waals surface area contributed by atoms with Crippen LogP contribution < -0.4 is 0 Å². The number of benzene rings is 1. The Hall–Kier alpha value is -3.18. The van der Waals surface area contributed by atoms with E-state index in [0.717, 1.165) is 6.07 Å². The summed E-state index contributed by atoms with van der Waals surface area (Å²) < 4.78 is 81.0. The van der Waals surface area contributed by atoms with Crippen molar-refractivity contribution in [3.8, 4) is 0 Å². The van der Waals surface area contributed by atoms with Crippen molar-refractivity contribution in [2.45, 2.75) is 56.3 Å². The number of hydrogen-bond acceptors (Lipinski definition) is 4. The van der Waals surface area contributed by atoms with Gasteiger partial charge in [0.05, 0.1) is 11.3 Å². The van der Waals surface area contributed by atoms with Gasteiger partial charge in [0.1, 0.15) is 17.8 Å². The van der Waals surface area contributed by atoms with Crippen LogP contribution in [0.3, 0.4) is 0 Å². The van der Waals surface area contributed by atoms with Gasteiger partial charge < -0.3 is 4.90 Å². The maximum atomic E-state index is 14.1. The molecule has 12 heteroatoms. The smallest absolute Gasteiger partial charge is 0.332 e. The molecule has 1 aromatic carbocycles. The van der Waals surface area contributed by atoms with Crippen LogP contribution in [0.15, 0.2) is 30.6 Å². The molecule has 2 bridgehead atoms. The second-order valence-electron chi connectivity index (χ2n) is 8.27. The van der Waals surface area contributed by atoms with Crippen molar-refractivity contribution in [2.24, 2.45) is 0 Å². The molecule has 1 amide bonds. The van der Waals surface area contributed by atoms with E-state index in [1.165, 1.54) is 16.9 Å². The third-order valence-corrected chi connectivity index (χ3v) is 6.48. The Bertz CT molecular complexity index is 1230. The van der Waals surface area contributed by atoms with Gasteiger partial charge in [0.25, 0.3) is 18.1 Å². The van der Waals surface area contributed by atoms with E-state index in [1.807, 2.05) is 0 Å². The number of carbonyl (C=O) groups excluding carboxylic acids is 1. The summed E-state index contributed by atoms with van der Waals surface area (Å²) in [6.45, 7) is 0. The molecule has 2 aliphatic rings. The van der Waals surface area contributed by atoms with Crippen molar-refractivity contribution >= 4 is 11.7 Å². The molecule has 2 saturated heterocycles. The highest BCUT2D eigenvalue weighted by Crippen LogP contribution is 2.45. The van der Waals surface area contributed by atoms with Crippen LogP contribution in [0.25, 0.3) is 5.78 Å². The van der Waals surface area contributed by atoms with E-state index in [0.29, 0.717) is 43.5 Å². The second-order valence-corrected chi connectivity index (χ2v) is 8.27. The number of halogens is 6. The predicted molar refractivity (Wildman–Crippen MR) is 102 cm³/mol. The average molecular weight is 469 g/mol. The second kappa shape index (κ2) is 7.70. The molecule has 0 spiro atoms. The minimum atomic E-state index is -4.87. The molecule has 174 valence electrons. The van der Waals surface area contributed by atoms with E-state index in [1.54, 1.807) is 4.90 Å². The van der Waals surface area contributed by atoms with Gasteiger partial charge in [-0.1, -0.05) is 0 Å². The fourth-order valence-electron chi connectivity index (χ4n) is 5.07. The van der Waals surface area contributed by atoms with Crippen LogP contribution >= 0.6 is 0 Å². The molecular formula is C21H17F6N5O. The van der Waals surface area contributed by atoms with Gasteiger partial charge in [0, 0.05) is 23.6 Å². The highest BCUT2D eigenvalue weighted by atomic mass is 19.4. The number of alkyl halides is 5. The van der Waals surface area contributed by atoms with Crippen molar-refractivity contribution in [3.05, 3.63) is 58.9 Å². The van der Waals surface area contributed by atoms with Gasteiger partial charge in [-0.25, -0.2) is 22.7 Å². The summed E-state index contributed by atoms with van der Waals surface area (Å²) in [5, 5.41) is 4.09. The first-order chi connectivity index (χ1) is 15.6. The molecule has 0 unspecified atom stereocenters. The van der Waals surface area contributed by atoms with Crippen LogP contribution in [0.4, 0.5) is 26.3 Å². The quantitative estimate of drug-likeness (QED) is 0.519. The van der Waals surface area contributed by atoms with Gasteiger partial charge in [-0.15, -0.1) is 0 Å². The highest BCUT2D eigenvalue weighted by Gasteiger charge is 2.46. The molecule has 6 nitrogen and oxygen atoms in total. The number of nitrogens with zero attached hydrogens (tertiary/aromatic N) is 5. The monoisotopic (exact) mass is 469 g/mol. The van der Waals surface area contributed by atoms with Gasteiger partial charge in [-0.05, 0) is 49.9 Å². The largest absolute Gasteiger partial charge is 0.419 e. The van der Waals surface area contributed by atoms with Crippen LogP contribution in [-0.2, 0) is 6.18 Å². The number of rotatable bonds is 3. The lowest BCUT2D eigenvalue weighted by Crippen LogP contribution is -2.47. The van der Waals surface area contributed by atoms with E-state index >= 15 is 0 Å². The number of piperidine rings is 1. The third-order valence-electron chi connectivity index (χ3n) is 6.48. The van der Waals surface area contributed by atoms with Gasteiger partial charge in [0.2, 0.25) is 0 Å². The Balaban J connectivity index is 1.51. The maximum Gasteiger partial charge on any atom is 0.419 e. The Kier molecular flexibility index (Phi) is 5.05. The summed E-state index contributed by atoms with van der Waals surface area (Å²) in [5.41, 5.74) is -1.64. The van der Waals surface area contributed by atoms with Crippen molar-refractivity contribution in [1.82, 2.24) is 24.5 Å². The van der Waals surface area contributed by atoms with Gasteiger partial charge >= 0.3 is 6.18 Å². The van der Waals surface area contributed by atoms with E-state index in [4.69, 9.17) is 0 Å². The normalized spacial score (nSPS) is 23.0. The molecule has 4 heterocycles. The summed E-state index contributed by atoms with van der Waals surface area (Å²) in [5.74, 6) is -2.45. The number of fused-ring (bicyclic) bond motifs is 3. The van der Waals surface area contributed by atoms with Crippen molar-refractivity contribution in [2.75, 3.05) is 0 Å². The summed E-state index contributed by atoms with van der Waals surface area (Å²) in [6, 6.07) is 2.83. The van der Waals surface area contributed by atoms with Gasteiger partial charge in [-0.3, -0.25) is 4.79 Å². The molecule has 2 aromatic heterocycles. The Labute approximate surface area is 183 Å². The molecule has 5 rings (SSSR count). The summed E-state index contributed by atoms with van der Waals surface area (Å²) in [7, 11) is 0. The number of amides is 1. The lowest BCUT2D eigenvalue weighted by molar-refractivity contribution is -0.140. The SMILES string of the molecule is O=C(c1ccc(C(F)(F)F)c(F)c1)N1[C@H]2CC[C@H](c3cc(C(F)F)nc4ncnn34)[C@@H]1CC2. The molecular weight excluding hydrogens is 452 g/mol. The average Bonchev–Trinajstić information content (AvgIpc) is 3.34. The molecule has 3 atom stereocenters. The van der Waals surface area contributed by atoms with Gasteiger partial charge in [-0.2, -0.15) is 23.3 Å². The minimum Gasteiger partial charge on any atom is -0.332 e. The molecule has 3 aromatic rings. The molecule has 0 N–H and O–H groups in total.